The van der Waals surface area contributed by atoms with Crippen LogP contribution in [0.15, 0.2) is 0 Å². The van der Waals surface area contributed by atoms with Crippen molar-refractivity contribution in [2.45, 2.75) is 0 Å². The molecule has 4 heavy (non-hydrogen) atoms. The molecule has 0 aliphatic heterocycles. The van der Waals surface area contributed by atoms with Crippen molar-refractivity contribution < 1.29 is 2.85 Å². The Balaban J connectivity index is 0. The Hall–Kier alpha value is 2.07. The van der Waals surface area contributed by atoms with Crippen LogP contribution in [0, 0.1) is 0 Å². The van der Waals surface area contributed by atoms with E-state index in [-0.39, 0.29) is 77.3 Å². The van der Waals surface area contributed by atoms with Crippen molar-refractivity contribution in [3.05, 3.63) is 0 Å². The molecule has 0 rings (SSSR count). The molecule has 0 spiro atoms. The zero-order valence-corrected chi connectivity index (χ0v) is 3.49. The van der Waals surface area contributed by atoms with Gasteiger partial charge in [0, 0.05) is 8.41 Å². The van der Waals surface area contributed by atoms with Crippen molar-refractivity contribution in [3.63, 3.8) is 0 Å². The van der Waals surface area contributed by atoms with E-state index in [1.165, 1.54) is 0 Å². The third-order valence-electron chi connectivity index (χ3n) is 0. The smallest absolute Gasteiger partial charge is 1.00 e. The van der Waals surface area contributed by atoms with Crippen LogP contribution in [0.4, 0.5) is 0 Å². The molecule has 3 radical (unpaired) electrons. The first-order valence-corrected chi connectivity index (χ1v) is 0. The van der Waals surface area contributed by atoms with Crippen LogP contribution in [0.2, 0.25) is 0 Å². The molecule has 0 saturated heterocycles. The summed E-state index contributed by atoms with van der Waals surface area (Å²) in [4.78, 5) is 0. The predicted molar refractivity (Wildman–Crippen MR) is 35.0 cm³/mol. The molecule has 0 saturated carbocycles. The summed E-state index contributed by atoms with van der Waals surface area (Å²) in [6.45, 7) is 0. The minimum Gasteiger partial charge on any atom is -1.00 e. The monoisotopic (exact) mass is 115 g/mol. The molecule has 0 aliphatic rings. The van der Waals surface area contributed by atoms with Gasteiger partial charge in [-0.2, -0.15) is 0 Å². The van der Waals surface area contributed by atoms with Crippen LogP contribution in [0.25, 0.3) is 0 Å². The van der Waals surface area contributed by atoms with Crippen LogP contribution in [0.1, 0.15) is 2.85 Å². The zero-order chi connectivity index (χ0) is 0. The van der Waals surface area contributed by atoms with Crippen LogP contribution >= 0.6 is 0 Å². The Morgan fingerprint density at radius 2 is 1.25 bits per heavy atom. The number of hydrogen-bond donors (Lipinski definition) is 0. The van der Waals surface area contributed by atoms with E-state index in [0.29, 0.717) is 0 Å². The van der Waals surface area contributed by atoms with Crippen LogP contribution in [-0.2, 0) is 0 Å². The van der Waals surface area contributed by atoms with Gasteiger partial charge in [0.2, 0.25) is 0 Å². The average Bonchev–Trinajstić information content (AvgIpc) is 0. The first-order chi connectivity index (χ1) is 0. The first-order valence-electron chi connectivity index (χ1n) is 0. The van der Waals surface area contributed by atoms with E-state index >= 15 is 0 Å². The molecule has 0 aromatic heterocycles. The van der Waals surface area contributed by atoms with Gasteiger partial charge < -0.3 is 2.85 Å². The third-order valence-corrected chi connectivity index (χ3v) is 0. The zero-order valence-electron chi connectivity index (χ0n) is 3.28. The van der Waals surface area contributed by atoms with Gasteiger partial charge in [-0.25, -0.2) is 0 Å². The Morgan fingerprint density at radius 3 is 1.25 bits per heavy atom. The molecule has 0 amide bonds. The standard InChI is InChI=1S/Al.B.Ca.H4Si.5H/h;;;1H4;;;;;/q;;+2;;;;;2*-1. The average molecular weight is 115 g/mol. The van der Waals surface area contributed by atoms with Crippen molar-refractivity contribution in [1.82, 2.24) is 0 Å². The quantitative estimate of drug-likeness (QED) is 0.292. The second kappa shape index (κ2) is 19.6. The molecule has 0 bridgehead atoms. The summed E-state index contributed by atoms with van der Waals surface area (Å²) >= 11 is 0. The maximum atomic E-state index is 0. The fraction of sp³-hybridized carbons (Fsp3) is 0. The molecule has 21 valence electrons. The molecule has 4 heteroatoms. The Bertz CT molecular complexity index is 13.5. The van der Waals surface area contributed by atoms with Gasteiger partial charge in [-0.3, -0.25) is 0 Å². The SMILES string of the molecule is [AlH3].[B].[Ca+2].[H-].[H-].[SiH4]. The largest absolute Gasteiger partial charge is 2.00 e. The molecule has 0 aliphatic carbocycles. The fourth-order valence-electron chi connectivity index (χ4n) is 0. The van der Waals surface area contributed by atoms with E-state index in [1.54, 1.807) is 0 Å². The first kappa shape index (κ1) is 36.4. The van der Waals surface area contributed by atoms with E-state index in [9.17, 15) is 0 Å². The van der Waals surface area contributed by atoms with Crippen LogP contribution in [-0.4, -0.2) is 74.5 Å². The fourth-order valence-corrected chi connectivity index (χ4v) is 0. The Labute approximate surface area is 76.4 Å². The minimum atomic E-state index is 0. The number of rotatable bonds is 0. The summed E-state index contributed by atoms with van der Waals surface area (Å²) < 4.78 is 0. The summed E-state index contributed by atoms with van der Waals surface area (Å²) in [7, 11) is 0. The van der Waals surface area contributed by atoms with E-state index in [0.717, 1.165) is 0 Å². The molecule has 0 aromatic carbocycles. The minimum absolute atomic E-state index is 0. The van der Waals surface area contributed by atoms with E-state index < -0.39 is 0 Å². The van der Waals surface area contributed by atoms with Crippen LogP contribution < -0.4 is 0 Å². The summed E-state index contributed by atoms with van der Waals surface area (Å²) in [6.07, 6.45) is 0. The molecule has 0 N–H and O–H groups in total. The third kappa shape index (κ3) is 8.95. The van der Waals surface area contributed by atoms with Gasteiger partial charge in [-0.05, 0) is 11.0 Å². The van der Waals surface area contributed by atoms with Gasteiger partial charge in [0.15, 0.2) is 17.4 Å². The van der Waals surface area contributed by atoms with Gasteiger partial charge >= 0.3 is 37.7 Å². The van der Waals surface area contributed by atoms with Gasteiger partial charge in [-0.1, -0.05) is 0 Å². The van der Waals surface area contributed by atoms with Gasteiger partial charge in [0.05, 0.1) is 0 Å². The van der Waals surface area contributed by atoms with Crippen molar-refractivity contribution in [2.75, 3.05) is 0 Å². The van der Waals surface area contributed by atoms with Gasteiger partial charge in [0.25, 0.3) is 0 Å². The normalized spacial score (nSPS) is 0. The second-order valence-corrected chi connectivity index (χ2v) is 0. The molecular weight excluding hydrogens is 106 g/mol. The molecule has 0 nitrogen and oxygen atoms in total. The van der Waals surface area contributed by atoms with Crippen LogP contribution in [0.3, 0.4) is 0 Å². The summed E-state index contributed by atoms with van der Waals surface area (Å²) in [5.74, 6) is 0. The van der Waals surface area contributed by atoms with Crippen molar-refractivity contribution in [1.29, 1.82) is 0 Å². The summed E-state index contributed by atoms with van der Waals surface area (Å²) in [6, 6.07) is 0. The molecule has 0 aromatic rings. The van der Waals surface area contributed by atoms with Crippen molar-refractivity contribution >= 4 is 74.5 Å². The van der Waals surface area contributed by atoms with Crippen LogP contribution in [0.5, 0.6) is 0 Å². The molecule has 0 atom stereocenters. The second-order valence-electron chi connectivity index (χ2n) is 0. The number of hydrogen-bond acceptors (Lipinski definition) is 0. The van der Waals surface area contributed by atoms with Crippen molar-refractivity contribution in [2.24, 2.45) is 0 Å². The topological polar surface area (TPSA) is 0 Å². The molecule has 0 heterocycles. The summed E-state index contributed by atoms with van der Waals surface area (Å²) in [5, 5.41) is 0. The van der Waals surface area contributed by atoms with Gasteiger partial charge in [0.1, 0.15) is 0 Å². The maximum Gasteiger partial charge on any atom is 2.00 e. The predicted octanol–water partition coefficient (Wildman–Crippen LogP) is -3.17. The molecular formula is H9AlBCaSi. The Kier molecular flexibility index (Phi) is 178. The summed E-state index contributed by atoms with van der Waals surface area (Å²) in [5.41, 5.74) is 0. The Morgan fingerprint density at radius 1 is 1.25 bits per heavy atom. The van der Waals surface area contributed by atoms with Crippen molar-refractivity contribution in [3.8, 4) is 0 Å². The molecule has 0 unspecified atom stereocenters. The van der Waals surface area contributed by atoms with E-state index in [2.05, 4.69) is 0 Å². The van der Waals surface area contributed by atoms with E-state index in [4.69, 9.17) is 0 Å². The van der Waals surface area contributed by atoms with Gasteiger partial charge in [-0.15, -0.1) is 0 Å². The maximum absolute atomic E-state index is 0. The molecule has 0 fully saturated rings. The van der Waals surface area contributed by atoms with E-state index in [1.807, 2.05) is 0 Å².